The van der Waals surface area contributed by atoms with Gasteiger partial charge in [0.15, 0.2) is 0 Å². The van der Waals surface area contributed by atoms with Gasteiger partial charge >= 0.3 is 6.09 Å². The van der Waals surface area contributed by atoms with Crippen molar-refractivity contribution in [2.45, 2.75) is 106 Å². The number of hydrogen-bond acceptors (Lipinski definition) is 4. The molecule has 0 aliphatic heterocycles. The van der Waals surface area contributed by atoms with Gasteiger partial charge in [-0.2, -0.15) is 0 Å². The average molecular weight is 476 g/mol. The molecule has 2 N–H and O–H groups in total. The Morgan fingerprint density at radius 1 is 0.971 bits per heavy atom. The summed E-state index contributed by atoms with van der Waals surface area (Å²) in [6.07, 6.45) is 0.993. The van der Waals surface area contributed by atoms with E-state index in [-0.39, 0.29) is 30.4 Å². The summed E-state index contributed by atoms with van der Waals surface area (Å²) >= 11 is 0. The Morgan fingerprint density at radius 2 is 1.59 bits per heavy atom. The van der Waals surface area contributed by atoms with Crippen molar-refractivity contribution in [1.29, 1.82) is 0 Å². The van der Waals surface area contributed by atoms with E-state index in [4.69, 9.17) is 4.74 Å². The van der Waals surface area contributed by atoms with E-state index >= 15 is 0 Å². The van der Waals surface area contributed by atoms with Crippen molar-refractivity contribution in [2.75, 3.05) is 6.54 Å². The molecule has 0 saturated heterocycles. The lowest BCUT2D eigenvalue weighted by atomic mass is 9.95. The van der Waals surface area contributed by atoms with Crippen molar-refractivity contribution in [1.82, 2.24) is 15.5 Å². The molecule has 2 atom stereocenters. The molecular weight excluding hydrogens is 430 g/mol. The van der Waals surface area contributed by atoms with Crippen LogP contribution in [-0.4, -0.2) is 47.0 Å². The van der Waals surface area contributed by atoms with Crippen molar-refractivity contribution < 1.29 is 19.1 Å². The molecule has 0 radical (unpaired) electrons. The van der Waals surface area contributed by atoms with Crippen LogP contribution in [0.3, 0.4) is 0 Å². The maximum absolute atomic E-state index is 13.5. The number of hydrogen-bond donors (Lipinski definition) is 2. The molecular formula is C27H45N3O4. The zero-order chi connectivity index (χ0) is 26.2. The van der Waals surface area contributed by atoms with Crippen molar-refractivity contribution in [2.24, 2.45) is 5.92 Å². The minimum Gasteiger partial charge on any atom is -0.444 e. The Kier molecular flexibility index (Phi) is 11.1. The fourth-order valence-electron chi connectivity index (χ4n) is 3.65. The van der Waals surface area contributed by atoms with Crippen LogP contribution in [0.4, 0.5) is 4.79 Å². The number of ether oxygens (including phenoxy) is 1. The smallest absolute Gasteiger partial charge is 0.408 e. The number of nitrogens with zero attached hydrogens (tertiary/aromatic N) is 1. The molecule has 1 aromatic rings. The van der Waals surface area contributed by atoms with Crippen LogP contribution < -0.4 is 10.6 Å². The van der Waals surface area contributed by atoms with Crippen LogP contribution >= 0.6 is 0 Å². The van der Waals surface area contributed by atoms with Gasteiger partial charge in [0.25, 0.3) is 0 Å². The van der Waals surface area contributed by atoms with Gasteiger partial charge in [-0.3, -0.25) is 9.59 Å². The van der Waals surface area contributed by atoms with Crippen molar-refractivity contribution in [3.05, 3.63) is 34.9 Å². The number of benzene rings is 1. The highest BCUT2D eigenvalue weighted by atomic mass is 16.6. The third-order valence-corrected chi connectivity index (χ3v) is 5.51. The molecule has 0 bridgehead atoms. The third kappa shape index (κ3) is 9.74. The predicted octanol–water partition coefficient (Wildman–Crippen LogP) is 5.05. The Labute approximate surface area is 206 Å². The molecule has 1 rings (SSSR count). The Bertz CT molecular complexity index is 843. The summed E-state index contributed by atoms with van der Waals surface area (Å²) in [6.45, 7) is 19.1. The van der Waals surface area contributed by atoms with E-state index < -0.39 is 17.7 Å². The van der Waals surface area contributed by atoms with Crippen LogP contribution in [-0.2, 0) is 14.3 Å². The quantitative estimate of drug-likeness (QED) is 0.496. The van der Waals surface area contributed by atoms with Gasteiger partial charge in [0.2, 0.25) is 11.8 Å². The molecule has 0 saturated carbocycles. The number of aryl methyl sites for hydroxylation is 2. The second-order valence-corrected chi connectivity index (χ2v) is 10.9. The summed E-state index contributed by atoms with van der Waals surface area (Å²) in [5.74, 6) is -0.103. The lowest BCUT2D eigenvalue weighted by Crippen LogP contribution is -2.52. The summed E-state index contributed by atoms with van der Waals surface area (Å²) in [5.41, 5.74) is 2.25. The van der Waals surface area contributed by atoms with Gasteiger partial charge in [-0.15, -0.1) is 0 Å². The van der Waals surface area contributed by atoms with E-state index in [0.717, 1.165) is 29.5 Å². The molecule has 7 nitrogen and oxygen atoms in total. The summed E-state index contributed by atoms with van der Waals surface area (Å²) in [5, 5.41) is 5.54. The molecule has 2 unspecified atom stereocenters. The first-order valence-electron chi connectivity index (χ1n) is 12.3. The van der Waals surface area contributed by atoms with E-state index in [2.05, 4.69) is 24.5 Å². The number of alkyl carbamates (subject to hydrolysis) is 1. The Morgan fingerprint density at radius 3 is 2.09 bits per heavy atom. The van der Waals surface area contributed by atoms with E-state index in [0.29, 0.717) is 5.92 Å². The fraction of sp³-hybridized carbons (Fsp3) is 0.667. The zero-order valence-electron chi connectivity index (χ0n) is 22.7. The van der Waals surface area contributed by atoms with Crippen LogP contribution in [0.25, 0.3) is 0 Å². The molecule has 192 valence electrons. The number of rotatable bonds is 10. The molecule has 0 aliphatic carbocycles. The monoisotopic (exact) mass is 475 g/mol. The van der Waals surface area contributed by atoms with Gasteiger partial charge in [-0.05, 0) is 90.8 Å². The number of nitrogens with one attached hydrogen (secondary N) is 2. The standard InChI is InChI=1S/C27H45N3O4/c1-17(2)11-13-21(7)30(23(31)16-28-26(33)34-27(8,9)10)24(25(32)29-18(3)4)22-14-12-19(5)20(6)15-22/h12,14-15,17-18,21,24H,11,13,16H2,1-10H3,(H,28,33)(H,29,32). The van der Waals surface area contributed by atoms with Crippen LogP contribution in [0.1, 0.15) is 91.0 Å². The van der Waals surface area contributed by atoms with Crippen LogP contribution in [0.15, 0.2) is 18.2 Å². The molecule has 0 aromatic heterocycles. The largest absolute Gasteiger partial charge is 0.444 e. The van der Waals surface area contributed by atoms with Crippen molar-refractivity contribution >= 4 is 17.9 Å². The SMILES string of the molecule is Cc1ccc(C(C(=O)NC(C)C)N(C(=O)CNC(=O)OC(C)(C)C)C(C)CCC(C)C)cc1C. The number of carbonyl (C=O) groups is 3. The van der Waals surface area contributed by atoms with Gasteiger partial charge in [0.1, 0.15) is 18.2 Å². The van der Waals surface area contributed by atoms with Crippen molar-refractivity contribution in [3.8, 4) is 0 Å². The normalized spacial score (nSPS) is 13.4. The predicted molar refractivity (Wildman–Crippen MR) is 137 cm³/mol. The van der Waals surface area contributed by atoms with E-state index in [1.165, 1.54) is 0 Å². The minimum atomic E-state index is -0.809. The molecule has 3 amide bonds. The Hall–Kier alpha value is -2.57. The van der Waals surface area contributed by atoms with Gasteiger partial charge in [-0.25, -0.2) is 4.79 Å². The first kappa shape index (κ1) is 29.5. The van der Waals surface area contributed by atoms with Crippen LogP contribution in [0, 0.1) is 19.8 Å². The highest BCUT2D eigenvalue weighted by Gasteiger charge is 2.35. The number of carbonyl (C=O) groups excluding carboxylic acids is 3. The van der Waals surface area contributed by atoms with E-state index in [1.54, 1.807) is 25.7 Å². The molecule has 7 heteroatoms. The zero-order valence-corrected chi connectivity index (χ0v) is 22.7. The van der Waals surface area contributed by atoms with Gasteiger partial charge < -0.3 is 20.3 Å². The molecule has 0 aliphatic rings. The maximum atomic E-state index is 13.5. The average Bonchev–Trinajstić information content (AvgIpc) is 2.68. The lowest BCUT2D eigenvalue weighted by Gasteiger charge is -2.37. The summed E-state index contributed by atoms with van der Waals surface area (Å²) in [4.78, 5) is 40.8. The fourth-order valence-corrected chi connectivity index (χ4v) is 3.65. The first-order chi connectivity index (χ1) is 15.6. The summed E-state index contributed by atoms with van der Waals surface area (Å²) in [6, 6.07) is 4.75. The minimum absolute atomic E-state index is 0.0793. The summed E-state index contributed by atoms with van der Waals surface area (Å²) in [7, 11) is 0. The third-order valence-electron chi connectivity index (χ3n) is 5.51. The maximum Gasteiger partial charge on any atom is 0.408 e. The van der Waals surface area contributed by atoms with Gasteiger partial charge in [-0.1, -0.05) is 32.0 Å². The van der Waals surface area contributed by atoms with E-state index in [1.807, 2.05) is 52.8 Å². The first-order valence-corrected chi connectivity index (χ1v) is 12.3. The van der Waals surface area contributed by atoms with Crippen molar-refractivity contribution in [3.63, 3.8) is 0 Å². The molecule has 0 fully saturated rings. The van der Waals surface area contributed by atoms with Gasteiger partial charge in [0.05, 0.1) is 0 Å². The molecule has 1 aromatic carbocycles. The molecule has 34 heavy (non-hydrogen) atoms. The second-order valence-electron chi connectivity index (χ2n) is 10.9. The highest BCUT2D eigenvalue weighted by Crippen LogP contribution is 2.28. The number of amides is 3. The Balaban J connectivity index is 3.37. The molecule has 0 spiro atoms. The molecule has 0 heterocycles. The summed E-state index contributed by atoms with van der Waals surface area (Å²) < 4.78 is 5.28. The highest BCUT2D eigenvalue weighted by molar-refractivity contribution is 5.90. The lowest BCUT2D eigenvalue weighted by molar-refractivity contribution is -0.143. The topological polar surface area (TPSA) is 87.7 Å². The van der Waals surface area contributed by atoms with Crippen LogP contribution in [0.5, 0.6) is 0 Å². The van der Waals surface area contributed by atoms with E-state index in [9.17, 15) is 14.4 Å². The van der Waals surface area contributed by atoms with Gasteiger partial charge in [0, 0.05) is 12.1 Å². The second kappa shape index (κ2) is 12.8. The van der Waals surface area contributed by atoms with Crippen LogP contribution in [0.2, 0.25) is 0 Å².